The summed E-state index contributed by atoms with van der Waals surface area (Å²) in [5, 5.41) is 2.03. The SMILES string of the molecule is CN(CC(=O)NC(N)=O)c1ccccc1Oc1ccccc1. The lowest BCUT2D eigenvalue weighted by Crippen LogP contribution is -2.41. The molecule has 2 rings (SSSR count). The molecule has 0 bridgehead atoms. The fourth-order valence-corrected chi connectivity index (χ4v) is 1.95. The number of likely N-dealkylation sites (N-methyl/N-ethyl adjacent to an activating group) is 1. The molecule has 0 aliphatic heterocycles. The summed E-state index contributed by atoms with van der Waals surface area (Å²) in [4.78, 5) is 24.0. The number of benzene rings is 2. The van der Waals surface area contributed by atoms with E-state index in [0.29, 0.717) is 11.5 Å². The molecule has 0 saturated carbocycles. The Morgan fingerprint density at radius 2 is 1.73 bits per heavy atom. The highest BCUT2D eigenvalue weighted by atomic mass is 16.5. The maximum absolute atomic E-state index is 11.6. The van der Waals surface area contributed by atoms with Gasteiger partial charge in [0.1, 0.15) is 5.75 Å². The van der Waals surface area contributed by atoms with E-state index < -0.39 is 11.9 Å². The molecule has 0 saturated heterocycles. The molecule has 3 amide bonds. The molecule has 0 spiro atoms. The largest absolute Gasteiger partial charge is 0.455 e. The van der Waals surface area contributed by atoms with E-state index in [1.165, 1.54) is 0 Å². The van der Waals surface area contributed by atoms with Crippen LogP contribution in [0.15, 0.2) is 54.6 Å². The summed E-state index contributed by atoms with van der Waals surface area (Å²) in [5.41, 5.74) is 5.65. The maximum Gasteiger partial charge on any atom is 0.318 e. The lowest BCUT2D eigenvalue weighted by Gasteiger charge is -2.21. The van der Waals surface area contributed by atoms with E-state index in [4.69, 9.17) is 10.5 Å². The Morgan fingerprint density at radius 1 is 1.09 bits per heavy atom. The van der Waals surface area contributed by atoms with Crippen molar-refractivity contribution in [3.8, 4) is 11.5 Å². The average Bonchev–Trinajstić information content (AvgIpc) is 2.47. The Hall–Kier alpha value is -3.02. The quantitative estimate of drug-likeness (QED) is 0.885. The van der Waals surface area contributed by atoms with Gasteiger partial charge in [0.15, 0.2) is 5.75 Å². The van der Waals surface area contributed by atoms with E-state index in [0.717, 1.165) is 5.69 Å². The number of carbonyl (C=O) groups is 2. The number of carbonyl (C=O) groups excluding carboxylic acids is 2. The highest BCUT2D eigenvalue weighted by Gasteiger charge is 2.13. The van der Waals surface area contributed by atoms with E-state index >= 15 is 0 Å². The normalized spacial score (nSPS) is 9.86. The van der Waals surface area contributed by atoms with Crippen LogP contribution >= 0.6 is 0 Å². The predicted molar refractivity (Wildman–Crippen MR) is 84.0 cm³/mol. The third-order valence-electron chi connectivity index (χ3n) is 2.89. The highest BCUT2D eigenvalue weighted by molar-refractivity contribution is 5.95. The van der Waals surface area contributed by atoms with Crippen LogP contribution in [0, 0.1) is 0 Å². The number of nitrogens with one attached hydrogen (secondary N) is 1. The first kappa shape index (κ1) is 15.4. The van der Waals surface area contributed by atoms with E-state index in [1.54, 1.807) is 11.9 Å². The van der Waals surface area contributed by atoms with Gasteiger partial charge in [-0.15, -0.1) is 0 Å². The Bertz CT molecular complexity index is 659. The van der Waals surface area contributed by atoms with Crippen LogP contribution in [0.1, 0.15) is 0 Å². The van der Waals surface area contributed by atoms with Gasteiger partial charge in [-0.2, -0.15) is 0 Å². The van der Waals surface area contributed by atoms with Crippen molar-refractivity contribution in [3.05, 3.63) is 54.6 Å². The molecule has 0 fully saturated rings. The molecule has 2 aromatic carbocycles. The molecule has 0 heterocycles. The zero-order valence-electron chi connectivity index (χ0n) is 12.2. The number of rotatable bonds is 5. The number of hydrogen-bond donors (Lipinski definition) is 2. The van der Waals surface area contributed by atoms with Crippen molar-refractivity contribution in [2.45, 2.75) is 0 Å². The number of nitrogens with two attached hydrogens (primary N) is 1. The summed E-state index contributed by atoms with van der Waals surface area (Å²) in [5.74, 6) is 0.831. The number of amides is 3. The fraction of sp³-hybridized carbons (Fsp3) is 0.125. The molecular formula is C16H17N3O3. The van der Waals surface area contributed by atoms with Crippen LogP contribution in [-0.4, -0.2) is 25.5 Å². The van der Waals surface area contributed by atoms with Crippen LogP contribution in [0.4, 0.5) is 10.5 Å². The van der Waals surface area contributed by atoms with Crippen LogP contribution in [0.5, 0.6) is 11.5 Å². The zero-order chi connectivity index (χ0) is 15.9. The van der Waals surface area contributed by atoms with E-state index in [1.807, 2.05) is 59.9 Å². The molecule has 6 heteroatoms. The van der Waals surface area contributed by atoms with Crippen LogP contribution in [-0.2, 0) is 4.79 Å². The van der Waals surface area contributed by atoms with Crippen molar-refractivity contribution in [2.24, 2.45) is 5.73 Å². The molecule has 0 aliphatic rings. The lowest BCUT2D eigenvalue weighted by atomic mass is 10.2. The Labute approximate surface area is 128 Å². The zero-order valence-corrected chi connectivity index (χ0v) is 12.2. The molecule has 3 N–H and O–H groups in total. The van der Waals surface area contributed by atoms with Gasteiger partial charge in [0.25, 0.3) is 0 Å². The second-order valence-corrected chi connectivity index (χ2v) is 4.65. The van der Waals surface area contributed by atoms with Crippen molar-refractivity contribution >= 4 is 17.6 Å². The highest BCUT2D eigenvalue weighted by Crippen LogP contribution is 2.31. The Morgan fingerprint density at radius 3 is 2.41 bits per heavy atom. The predicted octanol–water partition coefficient (Wildman–Crippen LogP) is 2.11. The number of nitrogens with zero attached hydrogens (tertiary/aromatic N) is 1. The summed E-state index contributed by atoms with van der Waals surface area (Å²) < 4.78 is 5.83. The lowest BCUT2D eigenvalue weighted by molar-refractivity contribution is -0.118. The van der Waals surface area contributed by atoms with Gasteiger partial charge >= 0.3 is 6.03 Å². The van der Waals surface area contributed by atoms with Crippen molar-refractivity contribution in [1.82, 2.24) is 5.32 Å². The van der Waals surface area contributed by atoms with Crippen LogP contribution in [0.3, 0.4) is 0 Å². The molecule has 0 unspecified atom stereocenters. The average molecular weight is 299 g/mol. The van der Waals surface area contributed by atoms with Gasteiger partial charge in [-0.3, -0.25) is 10.1 Å². The third-order valence-corrected chi connectivity index (χ3v) is 2.89. The maximum atomic E-state index is 11.6. The topological polar surface area (TPSA) is 84.7 Å². The Kier molecular flexibility index (Phi) is 4.98. The fourth-order valence-electron chi connectivity index (χ4n) is 1.95. The number of primary amides is 1. The number of imide groups is 1. The van der Waals surface area contributed by atoms with Gasteiger partial charge in [-0.25, -0.2) is 4.79 Å². The van der Waals surface area contributed by atoms with Gasteiger partial charge in [-0.05, 0) is 24.3 Å². The van der Waals surface area contributed by atoms with Gasteiger partial charge in [0.2, 0.25) is 5.91 Å². The number of hydrogen-bond acceptors (Lipinski definition) is 4. The molecule has 2 aromatic rings. The third kappa shape index (κ3) is 4.24. The molecule has 0 aliphatic carbocycles. The van der Waals surface area contributed by atoms with Crippen LogP contribution in [0.25, 0.3) is 0 Å². The summed E-state index contributed by atoms with van der Waals surface area (Å²) in [6.07, 6.45) is 0. The van der Waals surface area contributed by atoms with E-state index in [9.17, 15) is 9.59 Å². The van der Waals surface area contributed by atoms with Gasteiger partial charge in [0.05, 0.1) is 12.2 Å². The van der Waals surface area contributed by atoms with E-state index in [-0.39, 0.29) is 6.54 Å². The number of anilines is 1. The minimum absolute atomic E-state index is 0.0158. The number of para-hydroxylation sites is 3. The monoisotopic (exact) mass is 299 g/mol. The number of urea groups is 1. The standard InChI is InChI=1S/C16H17N3O3/c1-19(11-15(20)18-16(17)21)13-9-5-6-10-14(13)22-12-7-3-2-4-8-12/h2-10H,11H2,1H3,(H3,17,18,20,21). The van der Waals surface area contributed by atoms with Crippen molar-refractivity contribution in [2.75, 3.05) is 18.5 Å². The van der Waals surface area contributed by atoms with Crippen molar-refractivity contribution in [1.29, 1.82) is 0 Å². The summed E-state index contributed by atoms with van der Waals surface area (Å²) in [6, 6.07) is 15.8. The van der Waals surface area contributed by atoms with Gasteiger partial charge in [-0.1, -0.05) is 30.3 Å². The second kappa shape index (κ2) is 7.12. The summed E-state index contributed by atoms with van der Waals surface area (Å²) in [7, 11) is 1.73. The van der Waals surface area contributed by atoms with Crippen molar-refractivity contribution in [3.63, 3.8) is 0 Å². The van der Waals surface area contributed by atoms with E-state index in [2.05, 4.69) is 0 Å². The second-order valence-electron chi connectivity index (χ2n) is 4.65. The van der Waals surface area contributed by atoms with Gasteiger partial charge < -0.3 is 15.4 Å². The first-order valence-electron chi connectivity index (χ1n) is 6.68. The molecule has 6 nitrogen and oxygen atoms in total. The summed E-state index contributed by atoms with van der Waals surface area (Å²) in [6.45, 7) is -0.0158. The molecule has 114 valence electrons. The van der Waals surface area contributed by atoms with Gasteiger partial charge in [0, 0.05) is 7.05 Å². The molecule has 0 aromatic heterocycles. The first-order chi connectivity index (χ1) is 10.6. The van der Waals surface area contributed by atoms with Crippen molar-refractivity contribution < 1.29 is 14.3 Å². The smallest absolute Gasteiger partial charge is 0.318 e. The minimum Gasteiger partial charge on any atom is -0.455 e. The Balaban J connectivity index is 2.13. The summed E-state index contributed by atoms with van der Waals surface area (Å²) >= 11 is 0. The number of ether oxygens (including phenoxy) is 1. The molecule has 22 heavy (non-hydrogen) atoms. The van der Waals surface area contributed by atoms with Crippen LogP contribution < -0.4 is 20.7 Å². The molecule has 0 atom stereocenters. The first-order valence-corrected chi connectivity index (χ1v) is 6.68. The molecular weight excluding hydrogens is 282 g/mol. The molecule has 0 radical (unpaired) electrons. The van der Waals surface area contributed by atoms with Crippen LogP contribution in [0.2, 0.25) is 0 Å². The minimum atomic E-state index is -0.868.